The number of hydrogen-bond donors (Lipinski definition) is 0. The largest absolute Gasteiger partial charge is 0.513 e. The van der Waals surface area contributed by atoms with Gasteiger partial charge in [0.2, 0.25) is 6.29 Å². The molecule has 0 radical (unpaired) electrons. The highest BCUT2D eigenvalue weighted by molar-refractivity contribution is 5.81. The highest BCUT2D eigenvalue weighted by atomic mass is 16.8. The van der Waals surface area contributed by atoms with Gasteiger partial charge in [0, 0.05) is 6.08 Å². The van der Waals surface area contributed by atoms with Gasteiger partial charge in [-0.1, -0.05) is 18.7 Å². The number of hydrogen-bond acceptors (Lipinski definition) is 8. The summed E-state index contributed by atoms with van der Waals surface area (Å²) in [7, 11) is 0. The molecule has 1 aliphatic heterocycles. The van der Waals surface area contributed by atoms with Crippen LogP contribution in [0.3, 0.4) is 0 Å². The zero-order valence-electron chi connectivity index (χ0n) is 16.7. The second kappa shape index (κ2) is 10.8. The number of esters is 1. The van der Waals surface area contributed by atoms with Crippen molar-refractivity contribution in [2.75, 3.05) is 13.2 Å². The highest BCUT2D eigenvalue weighted by Crippen LogP contribution is 2.40. The van der Waals surface area contributed by atoms with Crippen LogP contribution in [-0.2, 0) is 19.0 Å². The third-order valence-electron chi connectivity index (χ3n) is 4.27. The van der Waals surface area contributed by atoms with Crippen LogP contribution in [0.2, 0.25) is 0 Å². The van der Waals surface area contributed by atoms with Gasteiger partial charge in [0.25, 0.3) is 0 Å². The second-order valence-corrected chi connectivity index (χ2v) is 6.53. The standard InChI is InChI=1S/C23H21NO7/c1-2-20(25)27-13-3-4-14-28-23(26)30-19-11-7-17(8-12-19)21-22(31-21)29-18-9-5-16(15-24)6-10-18/h2,5-12,21-22H,1,3-4,13-14H2. The Balaban J connectivity index is 1.35. The lowest BCUT2D eigenvalue weighted by molar-refractivity contribution is -0.137. The fourth-order valence-electron chi connectivity index (χ4n) is 2.61. The maximum atomic E-state index is 11.7. The lowest BCUT2D eigenvalue weighted by atomic mass is 10.1. The average Bonchev–Trinajstić information content (AvgIpc) is 3.56. The number of nitriles is 1. The Morgan fingerprint density at radius 3 is 2.29 bits per heavy atom. The molecule has 8 heteroatoms. The molecule has 2 atom stereocenters. The van der Waals surface area contributed by atoms with E-state index in [-0.39, 0.29) is 19.3 Å². The molecule has 1 heterocycles. The van der Waals surface area contributed by atoms with E-state index in [1.54, 1.807) is 48.5 Å². The third kappa shape index (κ3) is 6.87. The minimum absolute atomic E-state index is 0.160. The molecule has 0 spiro atoms. The van der Waals surface area contributed by atoms with E-state index in [1.807, 2.05) is 0 Å². The van der Waals surface area contributed by atoms with Gasteiger partial charge in [-0.15, -0.1) is 0 Å². The summed E-state index contributed by atoms with van der Waals surface area (Å²) in [5.74, 6) is 0.486. The molecule has 1 saturated heterocycles. The maximum Gasteiger partial charge on any atom is 0.513 e. The Morgan fingerprint density at radius 1 is 1.00 bits per heavy atom. The number of benzene rings is 2. The van der Waals surface area contributed by atoms with Crippen molar-refractivity contribution < 1.29 is 33.3 Å². The number of epoxide rings is 1. The molecular formula is C23H21NO7. The highest BCUT2D eigenvalue weighted by Gasteiger charge is 2.42. The van der Waals surface area contributed by atoms with Gasteiger partial charge >= 0.3 is 12.1 Å². The molecule has 0 N–H and O–H groups in total. The smallest absolute Gasteiger partial charge is 0.463 e. The first-order valence-corrected chi connectivity index (χ1v) is 9.65. The molecule has 0 aliphatic carbocycles. The molecule has 3 rings (SSSR count). The molecule has 31 heavy (non-hydrogen) atoms. The van der Waals surface area contributed by atoms with E-state index in [9.17, 15) is 9.59 Å². The number of carbonyl (C=O) groups excluding carboxylic acids is 2. The number of nitrogens with zero attached hydrogens (tertiary/aromatic N) is 1. The van der Waals surface area contributed by atoms with Crippen LogP contribution in [0.25, 0.3) is 0 Å². The van der Waals surface area contributed by atoms with Crippen LogP contribution in [-0.4, -0.2) is 31.6 Å². The van der Waals surface area contributed by atoms with Gasteiger partial charge in [0.05, 0.1) is 24.8 Å². The van der Waals surface area contributed by atoms with Crippen LogP contribution < -0.4 is 9.47 Å². The molecule has 1 fully saturated rings. The van der Waals surface area contributed by atoms with Gasteiger partial charge in [-0.3, -0.25) is 0 Å². The minimum Gasteiger partial charge on any atom is -0.463 e. The number of unbranched alkanes of at least 4 members (excludes halogenated alkanes) is 1. The summed E-state index contributed by atoms with van der Waals surface area (Å²) < 4.78 is 26.2. The van der Waals surface area contributed by atoms with Crippen LogP contribution in [0.5, 0.6) is 11.5 Å². The molecule has 2 unspecified atom stereocenters. The number of ether oxygens (including phenoxy) is 5. The molecular weight excluding hydrogens is 402 g/mol. The SMILES string of the molecule is C=CC(=O)OCCCCOC(=O)Oc1ccc(C2OC2Oc2ccc(C#N)cc2)cc1. The summed E-state index contributed by atoms with van der Waals surface area (Å²) in [5, 5.41) is 8.82. The Bertz CT molecular complexity index is 947. The second-order valence-electron chi connectivity index (χ2n) is 6.53. The van der Waals surface area contributed by atoms with E-state index in [2.05, 4.69) is 12.6 Å². The maximum absolute atomic E-state index is 11.7. The first kappa shape index (κ1) is 21.9. The number of rotatable bonds is 10. The lowest BCUT2D eigenvalue weighted by Crippen LogP contribution is -2.12. The molecule has 0 aromatic heterocycles. The third-order valence-corrected chi connectivity index (χ3v) is 4.27. The van der Waals surface area contributed by atoms with Crippen LogP contribution in [0.15, 0.2) is 61.2 Å². The van der Waals surface area contributed by atoms with E-state index in [1.165, 1.54) is 0 Å². The van der Waals surface area contributed by atoms with Gasteiger partial charge in [0.15, 0.2) is 0 Å². The topological polar surface area (TPSA) is 107 Å². The van der Waals surface area contributed by atoms with Crippen molar-refractivity contribution in [1.82, 2.24) is 0 Å². The van der Waals surface area contributed by atoms with Gasteiger partial charge in [-0.05, 0) is 54.8 Å². The van der Waals surface area contributed by atoms with Crippen LogP contribution in [0, 0.1) is 11.3 Å². The first-order chi connectivity index (χ1) is 15.1. The summed E-state index contributed by atoms with van der Waals surface area (Å²) in [6.45, 7) is 3.70. The predicted molar refractivity (Wildman–Crippen MR) is 108 cm³/mol. The normalized spacial score (nSPS) is 16.5. The quantitative estimate of drug-likeness (QED) is 0.185. The molecule has 2 aromatic rings. The van der Waals surface area contributed by atoms with Crippen molar-refractivity contribution in [3.63, 3.8) is 0 Å². The Hall–Kier alpha value is -3.83. The zero-order valence-corrected chi connectivity index (χ0v) is 16.7. The van der Waals surface area contributed by atoms with Crippen molar-refractivity contribution in [2.45, 2.75) is 25.2 Å². The van der Waals surface area contributed by atoms with E-state index in [0.717, 1.165) is 11.6 Å². The van der Waals surface area contributed by atoms with E-state index < -0.39 is 18.4 Å². The Morgan fingerprint density at radius 2 is 1.65 bits per heavy atom. The van der Waals surface area contributed by atoms with Crippen molar-refractivity contribution in [3.05, 3.63) is 72.3 Å². The van der Waals surface area contributed by atoms with Gasteiger partial charge in [-0.2, -0.15) is 5.26 Å². The summed E-state index contributed by atoms with van der Waals surface area (Å²) in [5.41, 5.74) is 1.44. The summed E-state index contributed by atoms with van der Waals surface area (Å²) in [4.78, 5) is 22.6. The zero-order chi connectivity index (χ0) is 22.1. The molecule has 8 nitrogen and oxygen atoms in total. The van der Waals surface area contributed by atoms with Crippen LogP contribution in [0.1, 0.15) is 30.1 Å². The van der Waals surface area contributed by atoms with E-state index in [0.29, 0.717) is 29.9 Å². The first-order valence-electron chi connectivity index (χ1n) is 9.65. The summed E-state index contributed by atoms with van der Waals surface area (Å²) >= 11 is 0. The van der Waals surface area contributed by atoms with E-state index >= 15 is 0 Å². The molecule has 0 amide bonds. The molecule has 2 aromatic carbocycles. The average molecular weight is 423 g/mol. The van der Waals surface area contributed by atoms with Crippen LogP contribution >= 0.6 is 0 Å². The molecule has 160 valence electrons. The van der Waals surface area contributed by atoms with E-state index in [4.69, 9.17) is 28.9 Å². The van der Waals surface area contributed by atoms with Crippen molar-refractivity contribution >= 4 is 12.1 Å². The van der Waals surface area contributed by atoms with Crippen molar-refractivity contribution in [3.8, 4) is 17.6 Å². The lowest BCUT2D eigenvalue weighted by Gasteiger charge is -2.07. The van der Waals surface area contributed by atoms with Gasteiger partial charge < -0.3 is 23.7 Å². The number of carbonyl (C=O) groups is 2. The molecule has 0 saturated carbocycles. The van der Waals surface area contributed by atoms with Crippen molar-refractivity contribution in [2.24, 2.45) is 0 Å². The Kier molecular flexibility index (Phi) is 7.62. The Labute approximate surface area is 179 Å². The van der Waals surface area contributed by atoms with Crippen LogP contribution in [0.4, 0.5) is 4.79 Å². The monoisotopic (exact) mass is 423 g/mol. The van der Waals surface area contributed by atoms with Crippen molar-refractivity contribution in [1.29, 1.82) is 5.26 Å². The fraction of sp³-hybridized carbons (Fsp3) is 0.261. The van der Waals surface area contributed by atoms with Gasteiger partial charge in [0.1, 0.15) is 17.6 Å². The summed E-state index contributed by atoms with van der Waals surface area (Å²) in [6, 6.07) is 15.7. The molecule has 0 bridgehead atoms. The predicted octanol–water partition coefficient (Wildman–Crippen LogP) is 4.06. The fourth-order valence-corrected chi connectivity index (χ4v) is 2.61. The minimum atomic E-state index is -0.805. The molecule has 1 aliphatic rings. The summed E-state index contributed by atoms with van der Waals surface area (Å²) in [6.07, 6.45) is 0.770. The van der Waals surface area contributed by atoms with Gasteiger partial charge in [-0.25, -0.2) is 9.59 Å².